The van der Waals surface area contributed by atoms with Gasteiger partial charge in [-0.3, -0.25) is 24.0 Å². The summed E-state index contributed by atoms with van der Waals surface area (Å²) >= 11 is 0. The fourth-order valence-electron chi connectivity index (χ4n) is 4.85. The number of anilines is 4. The van der Waals surface area contributed by atoms with Gasteiger partial charge in [-0.1, -0.05) is 0 Å². The standard InChI is InChI=1S/C39H32N8O9/c1-21(2)56-34-29(16-13-28(33(34)49)36(51)45-25-9-7-24(8-10-25)39(54)55)47-38(53)31-15-11-26(18-42-31)44-32(48)20-43-37(52)30-14-12-27(19-41-30)46-35(50)23-5-3-22(17-40)4-6-23/h3-16,18-19,21,49H,20H2,1-2H3,(H,43,52)(H,44,48)(H,45,51)(H,46,50)(H,47,53)(H,54,55). The Morgan fingerprint density at radius 3 is 1.82 bits per heavy atom. The van der Waals surface area contributed by atoms with Crippen molar-refractivity contribution in [2.45, 2.75) is 20.0 Å². The Bertz CT molecular complexity index is 2340. The van der Waals surface area contributed by atoms with Crippen molar-refractivity contribution in [2.24, 2.45) is 0 Å². The Morgan fingerprint density at radius 1 is 0.679 bits per heavy atom. The molecule has 0 spiro atoms. The quantitative estimate of drug-likeness (QED) is 0.0865. The number of aromatic carboxylic acids is 1. The lowest BCUT2D eigenvalue weighted by atomic mass is 10.1. The molecule has 0 radical (unpaired) electrons. The third-order valence-corrected chi connectivity index (χ3v) is 7.59. The Kier molecular flexibility index (Phi) is 12.3. The maximum absolute atomic E-state index is 13.1. The van der Waals surface area contributed by atoms with Crippen molar-refractivity contribution < 1.29 is 43.7 Å². The van der Waals surface area contributed by atoms with E-state index in [0.717, 1.165) is 0 Å². The third kappa shape index (κ3) is 10.0. The number of carbonyl (C=O) groups is 6. The SMILES string of the molecule is CC(C)Oc1c(NC(=O)c2ccc(NC(=O)CNC(=O)c3ccc(NC(=O)c4ccc(C#N)cc4)cn3)cn2)ccc(C(=O)Nc2ccc(C(=O)O)cc2)c1O. The van der Waals surface area contributed by atoms with E-state index < -0.39 is 53.9 Å². The molecule has 5 rings (SSSR count). The van der Waals surface area contributed by atoms with Gasteiger partial charge in [-0.05, 0) is 98.8 Å². The highest BCUT2D eigenvalue weighted by molar-refractivity contribution is 6.09. The zero-order chi connectivity index (χ0) is 40.4. The number of nitrogens with zero attached hydrogens (tertiary/aromatic N) is 3. The molecule has 7 N–H and O–H groups in total. The molecule has 0 aliphatic heterocycles. The van der Waals surface area contributed by atoms with Gasteiger partial charge in [0.25, 0.3) is 23.6 Å². The second kappa shape index (κ2) is 17.6. The van der Waals surface area contributed by atoms with Gasteiger partial charge in [-0.15, -0.1) is 0 Å². The molecule has 2 aromatic heterocycles. The number of nitriles is 1. The van der Waals surface area contributed by atoms with Crippen LogP contribution in [0.15, 0.2) is 97.3 Å². The molecule has 17 nitrogen and oxygen atoms in total. The van der Waals surface area contributed by atoms with Crippen LogP contribution in [0.4, 0.5) is 22.7 Å². The number of hydrogen-bond acceptors (Lipinski definition) is 11. The van der Waals surface area contributed by atoms with E-state index in [4.69, 9.17) is 15.1 Å². The molecule has 282 valence electrons. The molecule has 5 amide bonds. The van der Waals surface area contributed by atoms with Crippen LogP contribution >= 0.6 is 0 Å². The summed E-state index contributed by atoms with van der Waals surface area (Å²) in [4.78, 5) is 82.8. The van der Waals surface area contributed by atoms with E-state index in [0.29, 0.717) is 16.8 Å². The van der Waals surface area contributed by atoms with Crippen molar-refractivity contribution in [1.82, 2.24) is 15.3 Å². The summed E-state index contributed by atoms with van der Waals surface area (Å²) in [5.41, 5.74) is 1.38. The molecule has 0 unspecified atom stereocenters. The van der Waals surface area contributed by atoms with Gasteiger partial charge in [0.1, 0.15) is 11.4 Å². The molecular weight excluding hydrogens is 724 g/mol. The number of phenols is 1. The molecule has 0 aliphatic rings. The van der Waals surface area contributed by atoms with Gasteiger partial charge in [0.15, 0.2) is 11.5 Å². The Morgan fingerprint density at radius 2 is 1.25 bits per heavy atom. The zero-order valence-electron chi connectivity index (χ0n) is 29.6. The molecule has 0 saturated heterocycles. The first kappa shape index (κ1) is 39.1. The highest BCUT2D eigenvalue weighted by Crippen LogP contribution is 2.39. The molecule has 0 fully saturated rings. The minimum Gasteiger partial charge on any atom is -0.504 e. The minimum absolute atomic E-state index is 0.0100. The Labute approximate surface area is 318 Å². The number of hydrogen-bond donors (Lipinski definition) is 7. The molecule has 3 aromatic carbocycles. The van der Waals surface area contributed by atoms with E-state index in [1.807, 2.05) is 6.07 Å². The van der Waals surface area contributed by atoms with Gasteiger partial charge in [-0.2, -0.15) is 5.26 Å². The number of pyridine rings is 2. The number of carboxylic acid groups (broad SMARTS) is 1. The summed E-state index contributed by atoms with van der Waals surface area (Å²) in [5.74, 6) is -4.95. The lowest BCUT2D eigenvalue weighted by molar-refractivity contribution is -0.115. The summed E-state index contributed by atoms with van der Waals surface area (Å²) in [7, 11) is 0. The normalized spacial score (nSPS) is 10.4. The number of carbonyl (C=O) groups excluding carboxylic acids is 5. The van der Waals surface area contributed by atoms with Crippen molar-refractivity contribution in [3.63, 3.8) is 0 Å². The van der Waals surface area contributed by atoms with Gasteiger partial charge in [0.05, 0.1) is 64.9 Å². The van der Waals surface area contributed by atoms with Crippen LogP contribution in [-0.4, -0.2) is 68.3 Å². The molecule has 0 saturated carbocycles. The fourth-order valence-corrected chi connectivity index (χ4v) is 4.85. The van der Waals surface area contributed by atoms with Crippen molar-refractivity contribution in [3.8, 4) is 17.6 Å². The molecule has 0 atom stereocenters. The summed E-state index contributed by atoms with van der Waals surface area (Å²) in [5, 5.41) is 41.8. The van der Waals surface area contributed by atoms with E-state index in [2.05, 4.69) is 36.6 Å². The van der Waals surface area contributed by atoms with E-state index in [9.17, 15) is 33.9 Å². The van der Waals surface area contributed by atoms with Crippen LogP contribution in [0.2, 0.25) is 0 Å². The number of benzene rings is 3. The van der Waals surface area contributed by atoms with Gasteiger partial charge in [-0.25, -0.2) is 14.8 Å². The second-order valence-corrected chi connectivity index (χ2v) is 12.0. The maximum Gasteiger partial charge on any atom is 0.335 e. The Balaban J connectivity index is 1.14. The van der Waals surface area contributed by atoms with Crippen LogP contribution in [0.3, 0.4) is 0 Å². The first-order chi connectivity index (χ1) is 26.8. The van der Waals surface area contributed by atoms with Gasteiger partial charge < -0.3 is 41.5 Å². The fraction of sp³-hybridized carbons (Fsp3) is 0.103. The van der Waals surface area contributed by atoms with E-state index in [1.54, 1.807) is 13.8 Å². The van der Waals surface area contributed by atoms with Crippen molar-refractivity contribution >= 4 is 58.3 Å². The van der Waals surface area contributed by atoms with E-state index in [-0.39, 0.29) is 45.3 Å². The lowest BCUT2D eigenvalue weighted by Crippen LogP contribution is -2.33. The van der Waals surface area contributed by atoms with Crippen LogP contribution < -0.4 is 31.3 Å². The number of nitrogens with one attached hydrogen (secondary N) is 5. The van der Waals surface area contributed by atoms with Crippen LogP contribution in [-0.2, 0) is 4.79 Å². The van der Waals surface area contributed by atoms with E-state index >= 15 is 0 Å². The van der Waals surface area contributed by atoms with Gasteiger partial charge in [0.2, 0.25) is 5.91 Å². The smallest absolute Gasteiger partial charge is 0.335 e. The maximum atomic E-state index is 13.1. The van der Waals surface area contributed by atoms with Gasteiger partial charge >= 0.3 is 5.97 Å². The summed E-state index contributed by atoms with van der Waals surface area (Å²) < 4.78 is 5.73. The molecular formula is C39H32N8O9. The topological polar surface area (TPSA) is 262 Å². The van der Waals surface area contributed by atoms with Crippen molar-refractivity contribution in [2.75, 3.05) is 27.8 Å². The summed E-state index contributed by atoms with van der Waals surface area (Å²) in [6, 6.07) is 21.6. The monoisotopic (exact) mass is 756 g/mol. The number of ether oxygens (including phenoxy) is 1. The number of amides is 5. The third-order valence-electron chi connectivity index (χ3n) is 7.59. The molecule has 2 heterocycles. The molecule has 5 aromatic rings. The number of aromatic nitrogens is 2. The van der Waals surface area contributed by atoms with Crippen LogP contribution in [0.5, 0.6) is 11.5 Å². The first-order valence-corrected chi connectivity index (χ1v) is 16.6. The number of phenolic OH excluding ortho intramolecular Hbond substituents is 1. The van der Waals surface area contributed by atoms with Crippen molar-refractivity contribution in [3.05, 3.63) is 131 Å². The summed E-state index contributed by atoms with van der Waals surface area (Å²) in [6.07, 6.45) is 2.03. The number of rotatable bonds is 13. The van der Waals surface area contributed by atoms with E-state index in [1.165, 1.54) is 97.3 Å². The highest BCUT2D eigenvalue weighted by atomic mass is 16.5. The highest BCUT2D eigenvalue weighted by Gasteiger charge is 2.22. The van der Waals surface area contributed by atoms with Gasteiger partial charge in [0, 0.05) is 11.3 Å². The van der Waals surface area contributed by atoms with Crippen LogP contribution in [0, 0.1) is 11.3 Å². The average Bonchev–Trinajstić information content (AvgIpc) is 3.19. The first-order valence-electron chi connectivity index (χ1n) is 16.6. The van der Waals surface area contributed by atoms with Crippen molar-refractivity contribution in [1.29, 1.82) is 5.26 Å². The minimum atomic E-state index is -1.13. The Hall–Kier alpha value is -8.13. The number of aromatic hydroxyl groups is 1. The second-order valence-electron chi connectivity index (χ2n) is 12.0. The average molecular weight is 757 g/mol. The molecule has 56 heavy (non-hydrogen) atoms. The lowest BCUT2D eigenvalue weighted by Gasteiger charge is -2.18. The predicted octanol–water partition coefficient (Wildman–Crippen LogP) is 4.66. The predicted molar refractivity (Wildman–Crippen MR) is 202 cm³/mol. The molecule has 0 aliphatic carbocycles. The molecule has 17 heteroatoms. The number of carboxylic acids is 1. The van der Waals surface area contributed by atoms with Crippen LogP contribution in [0.1, 0.15) is 71.5 Å². The molecule has 0 bridgehead atoms. The van der Waals surface area contributed by atoms with Crippen LogP contribution in [0.25, 0.3) is 0 Å². The largest absolute Gasteiger partial charge is 0.504 e. The summed E-state index contributed by atoms with van der Waals surface area (Å²) in [6.45, 7) is 2.94. The zero-order valence-corrected chi connectivity index (χ0v) is 29.6.